The molecule has 10 aromatic carbocycles. The van der Waals surface area contributed by atoms with E-state index in [-0.39, 0.29) is 103 Å². The number of nitriles is 4. The lowest BCUT2D eigenvalue weighted by atomic mass is 9.72. The van der Waals surface area contributed by atoms with Crippen molar-refractivity contribution >= 4 is 22.7 Å². The monoisotopic (exact) mass is 1160 g/mol. The first kappa shape index (κ1) is 56.3. The van der Waals surface area contributed by atoms with Gasteiger partial charge in [0.1, 0.15) is 116 Å². The first-order valence-corrected chi connectivity index (χ1v) is 27.9. The highest BCUT2D eigenvalue weighted by Gasteiger charge is 2.59. The number of ether oxygens (including phenoxy) is 8. The molecule has 2 aliphatic rings. The second-order valence-electron chi connectivity index (χ2n) is 22.2. The first-order chi connectivity index (χ1) is 42.5. The minimum absolute atomic E-state index is 0.0984. The lowest BCUT2D eigenvalue weighted by molar-refractivity contribution is 0.348. The average molecular weight is 1160 g/mol. The third-order valence-electron chi connectivity index (χ3n) is 15.8. The van der Waals surface area contributed by atoms with Gasteiger partial charge >= 0.3 is 0 Å². The zero-order valence-corrected chi connectivity index (χ0v) is 48.0. The molecule has 0 amide bonds. The summed E-state index contributed by atoms with van der Waals surface area (Å²) < 4.78 is 52.6. The Bertz CT molecular complexity index is 4340. The Hall–Kier alpha value is -12.2. The third-order valence-corrected chi connectivity index (χ3v) is 15.8. The molecule has 0 radical (unpaired) electrons. The molecule has 0 bridgehead atoms. The zero-order valence-electron chi connectivity index (χ0n) is 48.0. The lowest BCUT2D eigenvalue weighted by Gasteiger charge is -2.31. The van der Waals surface area contributed by atoms with E-state index in [1.54, 1.807) is 170 Å². The number of nitrogens with zero attached hydrogens (tertiary/aromatic N) is 4. The fourth-order valence-corrected chi connectivity index (χ4v) is 11.9. The van der Waals surface area contributed by atoms with Crippen LogP contribution in [0.3, 0.4) is 0 Å². The van der Waals surface area contributed by atoms with E-state index in [1.807, 2.05) is 24.3 Å². The van der Waals surface area contributed by atoms with Crippen LogP contribution in [0.25, 0.3) is 0 Å². The zero-order chi connectivity index (χ0) is 61.4. The number of hydrogen-bond donors (Lipinski definition) is 4. The van der Waals surface area contributed by atoms with Crippen LogP contribution in [-0.4, -0.2) is 0 Å². The highest BCUT2D eigenvalue weighted by atomic mass is 16.5. The molecule has 0 spiro atoms. The molecule has 430 valence electrons. The van der Waals surface area contributed by atoms with Crippen molar-refractivity contribution in [2.45, 2.75) is 50.4 Å². The van der Waals surface area contributed by atoms with Crippen LogP contribution in [0.2, 0.25) is 0 Å². The van der Waals surface area contributed by atoms with Crippen LogP contribution in [0.5, 0.6) is 92.0 Å². The Labute approximate surface area is 507 Å². The molecule has 88 heavy (non-hydrogen) atoms. The summed E-state index contributed by atoms with van der Waals surface area (Å²) in [5.41, 5.74) is 29.1. The largest absolute Gasteiger partial charge is 0.456 e. The van der Waals surface area contributed by atoms with Crippen LogP contribution < -0.4 is 60.8 Å². The van der Waals surface area contributed by atoms with E-state index < -0.39 is 10.8 Å². The fourth-order valence-electron chi connectivity index (χ4n) is 11.9. The van der Waals surface area contributed by atoms with Crippen LogP contribution in [0, 0.1) is 45.3 Å². The van der Waals surface area contributed by atoms with Gasteiger partial charge in [-0.15, -0.1) is 0 Å². The van der Waals surface area contributed by atoms with Gasteiger partial charge in [0.05, 0.1) is 0 Å². The molecule has 0 fully saturated rings. The summed E-state index contributed by atoms with van der Waals surface area (Å²) in [5, 5.41) is 43.2. The van der Waals surface area contributed by atoms with Gasteiger partial charge in [0, 0.05) is 58.9 Å². The number of rotatable bonds is 16. The van der Waals surface area contributed by atoms with Crippen LogP contribution in [-0.2, 0) is 10.8 Å². The Balaban J connectivity index is 1.000. The summed E-state index contributed by atoms with van der Waals surface area (Å²) in [7, 11) is 0. The molecule has 0 saturated heterocycles. The molecule has 16 heteroatoms. The number of nitrogen functional groups attached to an aromatic ring is 4. The highest BCUT2D eigenvalue weighted by Crippen LogP contribution is 2.69. The number of fused-ring (bicyclic) bond motifs is 5. The van der Waals surface area contributed by atoms with E-state index in [0.29, 0.717) is 45.7 Å². The Kier molecular flexibility index (Phi) is 14.5. The van der Waals surface area contributed by atoms with Gasteiger partial charge in [-0.1, -0.05) is 76.2 Å². The number of nitrogens with two attached hydrogens (primary N) is 4. The normalized spacial score (nSPS) is 14.5. The summed E-state index contributed by atoms with van der Waals surface area (Å²) in [6, 6.07) is 64.6. The quantitative estimate of drug-likeness (QED) is 0.0655. The first-order valence-electron chi connectivity index (χ1n) is 27.9. The number of benzene rings is 10. The number of hydrogen-bond acceptors (Lipinski definition) is 16. The van der Waals surface area contributed by atoms with Crippen molar-refractivity contribution in [1.82, 2.24) is 0 Å². The van der Waals surface area contributed by atoms with Crippen molar-refractivity contribution in [2.75, 3.05) is 22.9 Å². The van der Waals surface area contributed by atoms with Crippen molar-refractivity contribution in [3.8, 4) is 116 Å². The van der Waals surface area contributed by atoms with Crippen LogP contribution in [0.15, 0.2) is 194 Å². The molecule has 8 N–H and O–H groups in total. The summed E-state index contributed by atoms with van der Waals surface area (Å²) in [5.74, 6) is 3.66. The van der Waals surface area contributed by atoms with E-state index in [2.05, 4.69) is 52.0 Å². The van der Waals surface area contributed by atoms with E-state index in [4.69, 9.17) is 60.8 Å². The van der Waals surface area contributed by atoms with Crippen molar-refractivity contribution in [2.24, 2.45) is 0 Å². The lowest BCUT2D eigenvalue weighted by Crippen LogP contribution is -2.25. The Morgan fingerprint density at radius 3 is 0.727 bits per heavy atom. The predicted octanol–water partition coefficient (Wildman–Crippen LogP) is 17.3. The van der Waals surface area contributed by atoms with Crippen LogP contribution in [0.1, 0.15) is 84.0 Å². The number of anilines is 4. The van der Waals surface area contributed by atoms with Gasteiger partial charge < -0.3 is 60.8 Å². The van der Waals surface area contributed by atoms with Gasteiger partial charge in [-0.25, -0.2) is 0 Å². The molecule has 0 saturated carbocycles. The van der Waals surface area contributed by atoms with Crippen LogP contribution >= 0.6 is 0 Å². The Morgan fingerprint density at radius 1 is 0.284 bits per heavy atom. The van der Waals surface area contributed by atoms with E-state index >= 15 is 0 Å². The summed E-state index contributed by atoms with van der Waals surface area (Å²) in [4.78, 5) is 0. The van der Waals surface area contributed by atoms with E-state index in [0.717, 1.165) is 22.3 Å². The minimum Gasteiger partial charge on any atom is -0.456 e. The van der Waals surface area contributed by atoms with Crippen molar-refractivity contribution in [1.29, 1.82) is 21.0 Å². The SMILES string of the molecule is CC1(C)c2cc(Oc3cccc(Oc4cccc(N)c4)c3C#N)c(Oc3cccc(Oc4cccc(N)c4)c3C#N)cc2C2C1c1cc(Oc3cccc(Oc4cccc(N)c4)c3C#N)c(Oc3cccc(Oc4cccc(N)c4)c3C#N)cc1C2(C)C. The van der Waals surface area contributed by atoms with Gasteiger partial charge in [-0.3, -0.25) is 0 Å². The maximum Gasteiger partial charge on any atom is 0.170 e. The van der Waals surface area contributed by atoms with Crippen LogP contribution in [0.4, 0.5) is 22.7 Å². The average Bonchev–Trinajstić information content (AvgIpc) is 1.52. The smallest absolute Gasteiger partial charge is 0.170 e. The Morgan fingerprint density at radius 2 is 0.500 bits per heavy atom. The second kappa shape index (κ2) is 22.7. The maximum absolute atomic E-state index is 10.8. The molecule has 0 aliphatic heterocycles. The van der Waals surface area contributed by atoms with Gasteiger partial charge in [-0.2, -0.15) is 21.0 Å². The predicted molar refractivity (Wildman–Crippen MR) is 333 cm³/mol. The molecule has 0 heterocycles. The van der Waals surface area contributed by atoms with E-state index in [1.165, 1.54) is 0 Å². The highest BCUT2D eigenvalue weighted by molar-refractivity contribution is 5.69. The molecule has 2 unspecified atom stereocenters. The maximum atomic E-state index is 10.8. The van der Waals surface area contributed by atoms with Gasteiger partial charge in [-0.05, 0) is 154 Å². The van der Waals surface area contributed by atoms with E-state index in [9.17, 15) is 21.0 Å². The molecule has 16 nitrogen and oxygen atoms in total. The molecule has 2 aliphatic carbocycles. The molecule has 2 atom stereocenters. The molecule has 10 aromatic rings. The van der Waals surface area contributed by atoms with Crippen molar-refractivity contribution in [3.05, 3.63) is 239 Å². The van der Waals surface area contributed by atoms with Gasteiger partial charge in [0.25, 0.3) is 0 Å². The van der Waals surface area contributed by atoms with Crippen molar-refractivity contribution in [3.63, 3.8) is 0 Å². The molecular weight excluding hydrogens is 1100 g/mol. The summed E-state index contributed by atoms with van der Waals surface area (Å²) >= 11 is 0. The summed E-state index contributed by atoms with van der Waals surface area (Å²) in [6.45, 7) is 8.66. The minimum atomic E-state index is -0.679. The standard InChI is InChI=1S/C72H54N8O8/c1-71(2)55-35-67(87-63-27-11-23-59(53(63)39-75)83-47-19-7-15-43(79)31-47)65(85-61-25-9-21-57(51(61)37-73)81-45-17-5-13-41(77)29-45)33-49(55)70-69(71)50-34-66(86-62-26-10-22-58(52(62)38-74)82-46-18-6-14-42(78)30-46)68(36-56(50)72(70,3)4)88-64-28-12-24-60(54(64)40-76)84-48-20-8-16-44(80)32-48/h5-36,69-70H,77-80H2,1-4H3. The third kappa shape index (κ3) is 10.6. The molecule has 12 rings (SSSR count). The topological polar surface area (TPSA) is 273 Å². The molecule has 0 aromatic heterocycles. The van der Waals surface area contributed by atoms with Gasteiger partial charge in [0.2, 0.25) is 0 Å². The van der Waals surface area contributed by atoms with Crippen molar-refractivity contribution < 1.29 is 37.9 Å². The second-order valence-corrected chi connectivity index (χ2v) is 22.2. The molecular formula is C72H54N8O8. The summed E-state index contributed by atoms with van der Waals surface area (Å²) in [6.07, 6.45) is 0. The fraction of sp³-hybridized carbons (Fsp3) is 0.111. The van der Waals surface area contributed by atoms with Gasteiger partial charge in [0.15, 0.2) is 23.0 Å².